The second-order valence-corrected chi connectivity index (χ2v) is 3.59. The topological polar surface area (TPSA) is 201 Å². The molecule has 108 valence electrons. The molecule has 2 rings (SSSR count). The molecule has 0 aliphatic carbocycles. The number of rotatable bonds is 4. The van der Waals surface area contributed by atoms with Crippen molar-refractivity contribution in [3.05, 3.63) is 46.5 Å². The molecule has 0 unspecified atom stereocenters. The zero-order valence-electron chi connectivity index (χ0n) is 9.58. The number of hydrogen-bond donors (Lipinski definition) is 1. The summed E-state index contributed by atoms with van der Waals surface area (Å²) in [6.07, 6.45) is 0. The second-order valence-electron chi connectivity index (χ2n) is 3.59. The van der Waals surface area contributed by atoms with Crippen LogP contribution in [0.25, 0.3) is 10.9 Å². The number of nitro benzene ring substituents is 3. The summed E-state index contributed by atoms with van der Waals surface area (Å²) in [5, 5.41) is 47.9. The van der Waals surface area contributed by atoms with E-state index in [1.807, 2.05) is 5.10 Å². The van der Waals surface area contributed by atoms with E-state index >= 15 is 0 Å². The van der Waals surface area contributed by atoms with E-state index in [1.165, 1.54) is 0 Å². The van der Waals surface area contributed by atoms with Gasteiger partial charge in [0, 0.05) is 6.07 Å². The standard InChI is InChI=1S/C7H2N6O8/c14-10(15)3-1-2-4(8-9-7(2)13(20)21)6(12(18)19)5(3)11(16)17/h1H,(H,8,9). The number of nitrogens with one attached hydrogen (secondary N) is 1. The zero-order valence-corrected chi connectivity index (χ0v) is 9.58. The highest BCUT2D eigenvalue weighted by Crippen LogP contribution is 2.43. The number of nitrogens with zero attached hydrogens (tertiary/aromatic N) is 5. The Bertz CT molecular complexity index is 824. The normalized spacial score (nSPS) is 10.5. The van der Waals surface area contributed by atoms with Crippen LogP contribution < -0.4 is 0 Å². The number of H-pyrrole nitrogens is 1. The molecule has 0 aliphatic rings. The molecule has 0 radical (unpaired) electrons. The molecule has 0 bridgehead atoms. The number of aromatic nitrogens is 2. The first-order valence-corrected chi connectivity index (χ1v) is 4.88. The predicted molar refractivity (Wildman–Crippen MR) is 62.7 cm³/mol. The van der Waals surface area contributed by atoms with Crippen LogP contribution in [0.2, 0.25) is 0 Å². The third kappa shape index (κ3) is 1.95. The van der Waals surface area contributed by atoms with Gasteiger partial charge in [-0.15, -0.1) is 5.10 Å². The highest BCUT2D eigenvalue weighted by molar-refractivity contribution is 5.99. The van der Waals surface area contributed by atoms with E-state index in [1.54, 1.807) is 0 Å². The fourth-order valence-corrected chi connectivity index (χ4v) is 1.73. The summed E-state index contributed by atoms with van der Waals surface area (Å²) < 4.78 is 0. The number of hydrogen-bond acceptors (Lipinski definition) is 9. The third-order valence-electron chi connectivity index (χ3n) is 2.50. The Hall–Kier alpha value is -3.71. The van der Waals surface area contributed by atoms with Crippen molar-refractivity contribution in [3.8, 4) is 0 Å². The molecule has 2 aromatic rings. The Kier molecular flexibility index (Phi) is 2.90. The molecule has 0 saturated heterocycles. The van der Waals surface area contributed by atoms with Crippen molar-refractivity contribution in [2.24, 2.45) is 0 Å². The van der Waals surface area contributed by atoms with Gasteiger partial charge in [0.15, 0.2) is 0 Å². The van der Waals surface area contributed by atoms with Crippen LogP contribution in [0.3, 0.4) is 0 Å². The second kappa shape index (κ2) is 4.44. The lowest BCUT2D eigenvalue weighted by Gasteiger charge is -1.97. The van der Waals surface area contributed by atoms with Crippen LogP contribution >= 0.6 is 0 Å². The summed E-state index contributed by atoms with van der Waals surface area (Å²) >= 11 is 0. The lowest BCUT2D eigenvalue weighted by molar-refractivity contribution is -0.440. The molecule has 0 atom stereocenters. The van der Waals surface area contributed by atoms with Crippen molar-refractivity contribution >= 4 is 33.8 Å². The Balaban J connectivity index is 3.07. The average Bonchev–Trinajstić information content (AvgIpc) is 2.79. The van der Waals surface area contributed by atoms with E-state index in [0.29, 0.717) is 6.07 Å². The minimum absolute atomic E-state index is 0.502. The molecule has 1 N–H and O–H groups in total. The Morgan fingerprint density at radius 2 is 1.43 bits per heavy atom. The molecule has 21 heavy (non-hydrogen) atoms. The van der Waals surface area contributed by atoms with Crippen LogP contribution in [0.15, 0.2) is 6.07 Å². The van der Waals surface area contributed by atoms with Gasteiger partial charge in [0.25, 0.3) is 0 Å². The van der Waals surface area contributed by atoms with Crippen LogP contribution in [0.5, 0.6) is 0 Å². The molecule has 1 aromatic heterocycles. The summed E-state index contributed by atoms with van der Waals surface area (Å²) in [5.41, 5.74) is -4.61. The number of nitro groups is 4. The first kappa shape index (κ1) is 13.7. The van der Waals surface area contributed by atoms with E-state index < -0.39 is 53.5 Å². The lowest BCUT2D eigenvalue weighted by Crippen LogP contribution is -2.02. The van der Waals surface area contributed by atoms with E-state index in [0.717, 1.165) is 0 Å². The van der Waals surface area contributed by atoms with Crippen molar-refractivity contribution in [2.45, 2.75) is 0 Å². The number of fused-ring (bicyclic) bond motifs is 1. The maximum Gasteiger partial charge on any atom is 0.424 e. The van der Waals surface area contributed by atoms with Gasteiger partial charge in [-0.2, -0.15) is 0 Å². The Labute approximate surface area is 111 Å². The molecule has 14 nitrogen and oxygen atoms in total. The summed E-state index contributed by atoms with van der Waals surface area (Å²) in [5.74, 6) is -0.842. The molecular weight excluding hydrogens is 296 g/mol. The van der Waals surface area contributed by atoms with Gasteiger partial charge in [0.1, 0.15) is 5.39 Å². The first-order valence-electron chi connectivity index (χ1n) is 4.88. The van der Waals surface area contributed by atoms with Crippen molar-refractivity contribution < 1.29 is 19.7 Å². The minimum Gasteiger partial charge on any atom is -0.358 e. The van der Waals surface area contributed by atoms with Gasteiger partial charge >= 0.3 is 22.9 Å². The van der Waals surface area contributed by atoms with E-state index in [-0.39, 0.29) is 0 Å². The van der Waals surface area contributed by atoms with Crippen molar-refractivity contribution in [2.75, 3.05) is 0 Å². The molecule has 0 aliphatic heterocycles. The van der Waals surface area contributed by atoms with Crippen LogP contribution in [0, 0.1) is 40.5 Å². The number of benzene rings is 1. The van der Waals surface area contributed by atoms with E-state index in [2.05, 4.69) is 5.10 Å². The van der Waals surface area contributed by atoms with Gasteiger partial charge in [0.2, 0.25) is 5.52 Å². The Morgan fingerprint density at radius 3 is 1.86 bits per heavy atom. The van der Waals surface area contributed by atoms with Gasteiger partial charge in [-0.05, 0) is 4.92 Å². The first-order chi connectivity index (χ1) is 9.75. The van der Waals surface area contributed by atoms with Gasteiger partial charge in [0.05, 0.1) is 14.8 Å². The summed E-state index contributed by atoms with van der Waals surface area (Å²) in [6.45, 7) is 0. The molecular formula is C7H2N6O8. The largest absolute Gasteiger partial charge is 0.424 e. The van der Waals surface area contributed by atoms with E-state index in [4.69, 9.17) is 0 Å². The van der Waals surface area contributed by atoms with Gasteiger partial charge in [-0.1, -0.05) is 5.10 Å². The summed E-state index contributed by atoms with van der Waals surface area (Å²) in [6, 6.07) is 0.502. The maximum atomic E-state index is 10.9. The van der Waals surface area contributed by atoms with Crippen molar-refractivity contribution in [1.29, 1.82) is 0 Å². The van der Waals surface area contributed by atoms with Crippen molar-refractivity contribution in [3.63, 3.8) is 0 Å². The molecule has 1 aromatic carbocycles. The molecule has 0 saturated carbocycles. The highest BCUT2D eigenvalue weighted by atomic mass is 16.7. The van der Waals surface area contributed by atoms with Gasteiger partial charge in [-0.25, -0.2) is 0 Å². The highest BCUT2D eigenvalue weighted by Gasteiger charge is 2.42. The summed E-state index contributed by atoms with van der Waals surface area (Å²) in [7, 11) is 0. The molecule has 14 heteroatoms. The quantitative estimate of drug-likeness (QED) is 0.634. The average molecular weight is 298 g/mol. The van der Waals surface area contributed by atoms with E-state index in [9.17, 15) is 40.5 Å². The Morgan fingerprint density at radius 1 is 0.857 bits per heavy atom. The predicted octanol–water partition coefficient (Wildman–Crippen LogP) is 1.20. The fraction of sp³-hybridized carbons (Fsp3) is 0. The van der Waals surface area contributed by atoms with Gasteiger partial charge in [-0.3, -0.25) is 30.3 Å². The molecule has 0 amide bonds. The number of aromatic amines is 1. The maximum absolute atomic E-state index is 10.9. The van der Waals surface area contributed by atoms with Crippen LogP contribution in [0.1, 0.15) is 0 Å². The van der Waals surface area contributed by atoms with Crippen LogP contribution in [0.4, 0.5) is 22.9 Å². The lowest BCUT2D eigenvalue weighted by atomic mass is 10.1. The SMILES string of the molecule is O=[N+]([O-])c1cc2c([N+](=O)[O-])[nH]nc2c([N+](=O)[O-])c1[N+](=O)[O-]. The zero-order chi connectivity index (χ0) is 15.9. The molecule has 1 heterocycles. The van der Waals surface area contributed by atoms with Crippen molar-refractivity contribution in [1.82, 2.24) is 10.2 Å². The van der Waals surface area contributed by atoms with Crippen LogP contribution in [-0.4, -0.2) is 29.9 Å². The molecule has 0 spiro atoms. The third-order valence-corrected chi connectivity index (χ3v) is 2.50. The van der Waals surface area contributed by atoms with Gasteiger partial charge < -0.3 is 10.1 Å². The smallest absolute Gasteiger partial charge is 0.358 e. The van der Waals surface area contributed by atoms with Crippen LogP contribution in [-0.2, 0) is 0 Å². The minimum atomic E-state index is -1.39. The fourth-order valence-electron chi connectivity index (χ4n) is 1.73. The molecule has 0 fully saturated rings. The summed E-state index contributed by atoms with van der Waals surface area (Å²) in [4.78, 5) is 38.6. The monoisotopic (exact) mass is 298 g/mol.